The Morgan fingerprint density at radius 1 is 0.825 bits per heavy atom. The molecule has 4 aromatic carbocycles. The van der Waals surface area contributed by atoms with Crippen LogP contribution in [-0.4, -0.2) is 36.1 Å². The number of benzene rings is 4. The van der Waals surface area contributed by atoms with Gasteiger partial charge in [0.05, 0.1) is 12.1 Å². The maximum absolute atomic E-state index is 13.2. The molecule has 204 valence electrons. The molecule has 0 spiro atoms. The van der Waals surface area contributed by atoms with Crippen molar-refractivity contribution >= 4 is 29.4 Å². The molecule has 0 saturated heterocycles. The van der Waals surface area contributed by atoms with Gasteiger partial charge < -0.3 is 9.84 Å². The van der Waals surface area contributed by atoms with Crippen molar-refractivity contribution in [2.75, 3.05) is 13.2 Å². The Morgan fingerprint density at radius 2 is 1.30 bits per heavy atom. The summed E-state index contributed by atoms with van der Waals surface area (Å²) in [6.45, 7) is 2.39. The second-order valence-corrected chi connectivity index (χ2v) is 9.70. The molecular formula is C34H32ClNO4. The summed E-state index contributed by atoms with van der Waals surface area (Å²) in [6.07, 6.45) is 0.724. The lowest BCUT2D eigenvalue weighted by Crippen LogP contribution is -2.46. The lowest BCUT2D eigenvalue weighted by molar-refractivity contribution is -0.137. The summed E-state index contributed by atoms with van der Waals surface area (Å²) < 4.78 is 6.01. The first kappa shape index (κ1) is 29.0. The Morgan fingerprint density at radius 3 is 1.75 bits per heavy atom. The highest BCUT2D eigenvalue weighted by Crippen LogP contribution is 2.36. The summed E-state index contributed by atoms with van der Waals surface area (Å²) in [5.74, 6) is -1.91. The van der Waals surface area contributed by atoms with Gasteiger partial charge in [-0.2, -0.15) is 0 Å². The lowest BCUT2D eigenvalue weighted by Gasteiger charge is -2.37. The molecule has 0 saturated carbocycles. The highest BCUT2D eigenvalue weighted by atomic mass is 35.5. The lowest BCUT2D eigenvalue weighted by atomic mass is 9.77. The first-order valence-electron chi connectivity index (χ1n) is 13.2. The van der Waals surface area contributed by atoms with Crippen molar-refractivity contribution in [3.63, 3.8) is 0 Å². The number of carbonyl (C=O) groups is 2. The van der Waals surface area contributed by atoms with Gasteiger partial charge in [0.25, 0.3) is 0 Å². The van der Waals surface area contributed by atoms with Gasteiger partial charge in [-0.15, -0.1) is 0 Å². The number of ketones is 1. The molecule has 4 rings (SSSR count). The molecule has 2 N–H and O–H groups in total. The van der Waals surface area contributed by atoms with Gasteiger partial charge in [-0.05, 0) is 40.8 Å². The fourth-order valence-electron chi connectivity index (χ4n) is 4.85. The van der Waals surface area contributed by atoms with E-state index in [0.29, 0.717) is 23.6 Å². The van der Waals surface area contributed by atoms with Gasteiger partial charge in [-0.1, -0.05) is 128 Å². The van der Waals surface area contributed by atoms with Crippen molar-refractivity contribution in [3.8, 4) is 0 Å². The van der Waals surface area contributed by atoms with Gasteiger partial charge in [0.2, 0.25) is 0 Å². The number of hydrogen-bond donors (Lipinski definition) is 2. The van der Waals surface area contributed by atoms with E-state index >= 15 is 0 Å². The number of hydrogen-bond acceptors (Lipinski definition) is 4. The van der Waals surface area contributed by atoms with Gasteiger partial charge in [-0.3, -0.25) is 10.1 Å². The Hall–Kier alpha value is -4.03. The highest BCUT2D eigenvalue weighted by molar-refractivity contribution is 6.32. The predicted molar refractivity (Wildman–Crippen MR) is 159 cm³/mol. The molecule has 0 aliphatic rings. The molecule has 0 aliphatic carbocycles. The van der Waals surface area contributed by atoms with Crippen LogP contribution in [0.4, 0.5) is 0 Å². The molecule has 1 unspecified atom stereocenters. The number of rotatable bonds is 13. The summed E-state index contributed by atoms with van der Waals surface area (Å²) >= 11 is 6.20. The van der Waals surface area contributed by atoms with E-state index < -0.39 is 23.4 Å². The van der Waals surface area contributed by atoms with Crippen LogP contribution < -0.4 is 5.32 Å². The van der Waals surface area contributed by atoms with Gasteiger partial charge in [-0.25, -0.2) is 4.79 Å². The summed E-state index contributed by atoms with van der Waals surface area (Å²) in [5, 5.41) is 13.9. The van der Waals surface area contributed by atoms with Crippen LogP contribution >= 0.6 is 11.6 Å². The SMILES string of the molecule is CCC(OCCNC(c1ccccc1)(c1ccccc1)c1ccccc1)C(=O)C(=Cc1ccccc1Cl)C(=O)O. The first-order chi connectivity index (χ1) is 19.5. The second-order valence-electron chi connectivity index (χ2n) is 9.29. The van der Waals surface area contributed by atoms with E-state index in [2.05, 4.69) is 41.7 Å². The Bertz CT molecular complexity index is 1340. The molecule has 0 aliphatic heterocycles. The maximum Gasteiger partial charge on any atom is 0.339 e. The molecular weight excluding hydrogens is 522 g/mol. The van der Waals surface area contributed by atoms with Crippen LogP contribution in [0, 0.1) is 0 Å². The van der Waals surface area contributed by atoms with Crippen LogP contribution in [0.5, 0.6) is 0 Å². The average Bonchev–Trinajstić information content (AvgIpc) is 3.00. The second kappa shape index (κ2) is 13.9. The molecule has 4 aromatic rings. The number of halogens is 1. The number of carboxylic acids is 1. The average molecular weight is 554 g/mol. The van der Waals surface area contributed by atoms with Gasteiger partial charge >= 0.3 is 5.97 Å². The monoisotopic (exact) mass is 553 g/mol. The maximum atomic E-state index is 13.2. The normalized spacial score (nSPS) is 12.6. The van der Waals surface area contributed by atoms with E-state index in [1.54, 1.807) is 31.2 Å². The molecule has 0 fully saturated rings. The zero-order valence-electron chi connectivity index (χ0n) is 22.3. The standard InChI is InChI=1S/C34H32ClNO4/c1-2-31(32(37)29(33(38)39)24-25-14-12-13-21-30(25)35)40-23-22-36-34(26-15-6-3-7-16-26,27-17-8-4-9-18-27)28-19-10-5-11-20-28/h3-21,24,31,36H,2,22-23H2,1H3,(H,38,39). The predicted octanol–water partition coefficient (Wildman–Crippen LogP) is 6.75. The molecule has 0 radical (unpaired) electrons. The summed E-state index contributed by atoms with van der Waals surface area (Å²) in [4.78, 5) is 25.3. The molecule has 0 heterocycles. The fourth-order valence-corrected chi connectivity index (χ4v) is 5.04. The largest absolute Gasteiger partial charge is 0.478 e. The van der Waals surface area contributed by atoms with Gasteiger partial charge in [0.15, 0.2) is 5.78 Å². The van der Waals surface area contributed by atoms with Crippen molar-refractivity contribution in [1.29, 1.82) is 0 Å². The smallest absolute Gasteiger partial charge is 0.339 e. The van der Waals surface area contributed by atoms with Crippen LogP contribution in [0.25, 0.3) is 6.08 Å². The minimum absolute atomic E-state index is 0.192. The van der Waals surface area contributed by atoms with Crippen molar-refractivity contribution in [1.82, 2.24) is 5.32 Å². The first-order valence-corrected chi connectivity index (χ1v) is 13.6. The van der Waals surface area contributed by atoms with Gasteiger partial charge in [0.1, 0.15) is 11.7 Å². The molecule has 0 aromatic heterocycles. The number of aliphatic carboxylic acids is 1. The van der Waals surface area contributed by atoms with E-state index in [-0.39, 0.29) is 12.2 Å². The summed E-state index contributed by atoms with van der Waals surface area (Å²) in [6, 6.07) is 37.4. The highest BCUT2D eigenvalue weighted by Gasteiger charge is 2.36. The van der Waals surface area contributed by atoms with E-state index in [9.17, 15) is 14.7 Å². The molecule has 1 atom stereocenters. The van der Waals surface area contributed by atoms with E-state index in [4.69, 9.17) is 16.3 Å². The third-order valence-electron chi connectivity index (χ3n) is 6.80. The minimum Gasteiger partial charge on any atom is -0.478 e. The number of nitrogens with one attached hydrogen (secondary N) is 1. The van der Waals surface area contributed by atoms with Crippen LogP contribution in [0.15, 0.2) is 121 Å². The molecule has 0 amide bonds. The Balaban J connectivity index is 1.58. The van der Waals surface area contributed by atoms with Crippen LogP contribution in [0.3, 0.4) is 0 Å². The van der Waals surface area contributed by atoms with Crippen LogP contribution in [-0.2, 0) is 19.9 Å². The topological polar surface area (TPSA) is 75.6 Å². The van der Waals surface area contributed by atoms with Crippen LogP contribution in [0.2, 0.25) is 5.02 Å². The van der Waals surface area contributed by atoms with Crippen molar-refractivity contribution < 1.29 is 19.4 Å². The summed E-state index contributed by atoms with van der Waals surface area (Å²) in [7, 11) is 0. The van der Waals surface area contributed by atoms with E-state index in [1.165, 1.54) is 6.08 Å². The van der Waals surface area contributed by atoms with Crippen molar-refractivity contribution in [3.05, 3.63) is 148 Å². The number of Topliss-reactive ketones (excluding diaryl/α,β-unsaturated/α-hetero) is 1. The van der Waals surface area contributed by atoms with Crippen molar-refractivity contribution in [2.24, 2.45) is 0 Å². The molecule has 5 nitrogen and oxygen atoms in total. The molecule has 0 bridgehead atoms. The third-order valence-corrected chi connectivity index (χ3v) is 7.14. The number of ether oxygens (including phenoxy) is 1. The Labute approximate surface area is 240 Å². The van der Waals surface area contributed by atoms with Crippen molar-refractivity contribution in [2.45, 2.75) is 25.0 Å². The van der Waals surface area contributed by atoms with E-state index in [0.717, 1.165) is 16.7 Å². The fraction of sp³-hybridized carbons (Fsp3) is 0.176. The quantitative estimate of drug-likeness (QED) is 0.0629. The Kier molecular flexibility index (Phi) is 10.0. The van der Waals surface area contributed by atoms with E-state index in [1.807, 2.05) is 54.6 Å². The third kappa shape index (κ3) is 6.57. The molecule has 40 heavy (non-hydrogen) atoms. The summed E-state index contributed by atoms with van der Waals surface area (Å²) in [5.41, 5.74) is 2.61. The number of carboxylic acid groups (broad SMARTS) is 1. The zero-order valence-corrected chi connectivity index (χ0v) is 23.1. The van der Waals surface area contributed by atoms with Crippen LogP contribution in [0.1, 0.15) is 35.6 Å². The number of carbonyl (C=O) groups excluding carboxylic acids is 1. The zero-order chi connectivity index (χ0) is 28.4. The molecule has 6 heteroatoms. The minimum atomic E-state index is -1.32. The van der Waals surface area contributed by atoms with Gasteiger partial charge in [0, 0.05) is 11.6 Å².